The molecule has 0 amide bonds. The Kier molecular flexibility index (Phi) is 13.7. The lowest BCUT2D eigenvalue weighted by Gasteiger charge is -2.59. The van der Waals surface area contributed by atoms with Gasteiger partial charge in [-0.25, -0.2) is 4.28 Å². The van der Waals surface area contributed by atoms with Crippen LogP contribution >= 0.6 is 12.9 Å². The summed E-state index contributed by atoms with van der Waals surface area (Å²) in [7, 11) is 0. The molecule has 0 aromatic rings. The third-order valence-electron chi connectivity index (χ3n) is 9.81. The van der Waals surface area contributed by atoms with Crippen molar-refractivity contribution in [2.45, 2.75) is 132 Å². The Morgan fingerprint density at radius 2 is 1.52 bits per heavy atom. The van der Waals surface area contributed by atoms with Gasteiger partial charge in [-0.15, -0.1) is 0 Å². The Morgan fingerprint density at radius 1 is 0.839 bits per heavy atom. The molecule has 0 bridgehead atoms. The summed E-state index contributed by atoms with van der Waals surface area (Å²) in [6, 6.07) is 0. The summed E-state index contributed by atoms with van der Waals surface area (Å²) >= 11 is 3.76. The van der Waals surface area contributed by atoms with E-state index in [1.165, 1.54) is 77.0 Å². The van der Waals surface area contributed by atoms with E-state index in [-0.39, 0.29) is 0 Å². The molecule has 3 heteroatoms. The lowest BCUT2D eigenvalue weighted by Crippen LogP contribution is -2.51. The second-order valence-electron chi connectivity index (χ2n) is 10.6. The summed E-state index contributed by atoms with van der Waals surface area (Å²) in [5.74, 6) is 4.97. The van der Waals surface area contributed by atoms with Crippen LogP contribution in [0.5, 0.6) is 0 Å². The lowest BCUT2D eigenvalue weighted by atomic mass is 9.46. The molecule has 3 aliphatic rings. The van der Waals surface area contributed by atoms with Crippen molar-refractivity contribution in [2.24, 2.45) is 40.4 Å². The molecule has 2 nitrogen and oxygen atoms in total. The molecule has 3 aliphatic carbocycles. The Hall–Kier alpha value is 0.270. The molecule has 0 heterocycles. The zero-order chi connectivity index (χ0) is 23.5. The summed E-state index contributed by atoms with van der Waals surface area (Å²) in [6.45, 7) is 19.2. The van der Waals surface area contributed by atoms with Crippen LogP contribution in [0.25, 0.3) is 0 Å². The molecule has 31 heavy (non-hydrogen) atoms. The Bertz CT molecular complexity index is 472. The normalized spacial score (nSPS) is 38.8. The summed E-state index contributed by atoms with van der Waals surface area (Å²) in [6.07, 6.45) is 17.2. The van der Waals surface area contributed by atoms with Crippen LogP contribution in [-0.4, -0.2) is 6.54 Å². The van der Waals surface area contributed by atoms with E-state index in [1.807, 2.05) is 27.7 Å². The number of hydrogen-bond donors (Lipinski definition) is 2. The molecule has 1 N–H and O–H groups in total. The van der Waals surface area contributed by atoms with Crippen molar-refractivity contribution in [3.63, 3.8) is 0 Å². The minimum absolute atomic E-state index is 0.608. The van der Waals surface area contributed by atoms with Crippen molar-refractivity contribution in [1.29, 1.82) is 0 Å². The molecule has 186 valence electrons. The van der Waals surface area contributed by atoms with E-state index in [4.69, 9.17) is 0 Å². The number of nitrogens with one attached hydrogen (secondary N) is 1. The first-order valence-electron chi connectivity index (χ1n) is 14.0. The van der Waals surface area contributed by atoms with Gasteiger partial charge in [0.1, 0.15) is 0 Å². The van der Waals surface area contributed by atoms with Gasteiger partial charge < -0.3 is 0 Å². The van der Waals surface area contributed by atoms with Gasteiger partial charge in [0.05, 0.1) is 0 Å². The smallest absolute Gasteiger partial charge is 0.0221 e. The minimum Gasteiger partial charge on any atom is -0.235 e. The molecule has 0 aromatic carbocycles. The van der Waals surface area contributed by atoms with Gasteiger partial charge in [0, 0.05) is 6.54 Å². The summed E-state index contributed by atoms with van der Waals surface area (Å²) in [4.78, 5) is 0. The van der Waals surface area contributed by atoms with Crippen LogP contribution < -0.4 is 5.48 Å². The van der Waals surface area contributed by atoms with E-state index in [0.717, 1.165) is 36.1 Å². The highest BCUT2D eigenvalue weighted by Gasteiger charge is 2.58. The fraction of sp³-hybridized carbons (Fsp3) is 1.00. The average Bonchev–Trinajstić information content (AvgIpc) is 3.14. The van der Waals surface area contributed by atoms with Gasteiger partial charge in [-0.1, -0.05) is 81.1 Å². The van der Waals surface area contributed by atoms with E-state index in [1.54, 1.807) is 0 Å². The van der Waals surface area contributed by atoms with Crippen LogP contribution in [0.4, 0.5) is 0 Å². The monoisotopic (exact) mass is 455 g/mol. The standard InChI is InChI=1S/C24H45NOS.2C2H6/c1-5-9-18-11-13-20-21-14-12-19(10-7-8-17-25-26-27)24(21,4)16-15-22(20)23(18,3)6-2;2*1-2/h18-22,25,27H,5-17H2,1-4H3;2*1-2H3/t18?,19?,20?,21?,22?,23-,24?;;/m0../s1. The lowest BCUT2D eigenvalue weighted by molar-refractivity contribution is -0.0998. The van der Waals surface area contributed by atoms with Crippen molar-refractivity contribution in [2.75, 3.05) is 6.54 Å². The highest BCUT2D eigenvalue weighted by Crippen LogP contribution is 2.66. The first kappa shape index (κ1) is 29.3. The average molecular weight is 456 g/mol. The van der Waals surface area contributed by atoms with Gasteiger partial charge in [-0.3, -0.25) is 0 Å². The molecule has 7 atom stereocenters. The second-order valence-corrected chi connectivity index (χ2v) is 10.8. The first-order valence-corrected chi connectivity index (χ1v) is 14.4. The molecule has 3 fully saturated rings. The highest BCUT2D eigenvalue weighted by molar-refractivity contribution is 7.75. The Balaban J connectivity index is 0.00000113. The van der Waals surface area contributed by atoms with Gasteiger partial charge >= 0.3 is 0 Å². The van der Waals surface area contributed by atoms with Gasteiger partial charge in [-0.05, 0) is 105 Å². The van der Waals surface area contributed by atoms with Crippen molar-refractivity contribution in [1.82, 2.24) is 5.48 Å². The fourth-order valence-corrected chi connectivity index (χ4v) is 8.22. The first-order chi connectivity index (χ1) is 15.0. The van der Waals surface area contributed by atoms with Crippen molar-refractivity contribution in [3.05, 3.63) is 0 Å². The zero-order valence-electron chi connectivity index (χ0n) is 22.4. The molecule has 0 aromatic heterocycles. The molecule has 0 radical (unpaired) electrons. The zero-order valence-corrected chi connectivity index (χ0v) is 23.3. The van der Waals surface area contributed by atoms with Gasteiger partial charge in [-0.2, -0.15) is 5.48 Å². The number of hydrogen-bond acceptors (Lipinski definition) is 3. The predicted molar refractivity (Wildman–Crippen MR) is 141 cm³/mol. The van der Waals surface area contributed by atoms with Crippen LogP contribution in [0.2, 0.25) is 0 Å². The molecule has 0 aliphatic heterocycles. The third kappa shape index (κ3) is 6.44. The summed E-state index contributed by atoms with van der Waals surface area (Å²) in [5.41, 5.74) is 4.10. The van der Waals surface area contributed by atoms with Crippen LogP contribution in [0, 0.1) is 40.4 Å². The van der Waals surface area contributed by atoms with Gasteiger partial charge in [0.25, 0.3) is 0 Å². The molecule has 3 saturated carbocycles. The van der Waals surface area contributed by atoms with E-state index in [2.05, 4.69) is 50.4 Å². The van der Waals surface area contributed by atoms with Crippen LogP contribution in [0.3, 0.4) is 0 Å². The maximum Gasteiger partial charge on any atom is 0.0221 e. The number of rotatable bonds is 9. The molecule has 3 rings (SSSR count). The highest BCUT2D eigenvalue weighted by atomic mass is 32.1. The van der Waals surface area contributed by atoms with Crippen molar-refractivity contribution < 1.29 is 4.28 Å². The Labute approximate surface area is 202 Å². The van der Waals surface area contributed by atoms with Gasteiger partial charge in [0.2, 0.25) is 0 Å². The number of thiol groups is 1. The number of fused-ring (bicyclic) bond motifs is 3. The van der Waals surface area contributed by atoms with E-state index in [0.29, 0.717) is 10.8 Å². The molecule has 6 unspecified atom stereocenters. The maximum atomic E-state index is 4.68. The van der Waals surface area contributed by atoms with Crippen molar-refractivity contribution >= 4 is 12.9 Å². The molecule has 0 spiro atoms. The number of hydroxylamine groups is 1. The van der Waals surface area contributed by atoms with E-state index >= 15 is 0 Å². The quantitative estimate of drug-likeness (QED) is 0.156. The van der Waals surface area contributed by atoms with Crippen LogP contribution in [-0.2, 0) is 4.28 Å². The predicted octanol–water partition coefficient (Wildman–Crippen LogP) is 9.26. The second kappa shape index (κ2) is 14.5. The van der Waals surface area contributed by atoms with Crippen LogP contribution in [0.15, 0.2) is 0 Å². The molecular weight excluding hydrogens is 398 g/mol. The fourth-order valence-electron chi connectivity index (χ4n) is 8.12. The van der Waals surface area contributed by atoms with Gasteiger partial charge in [0.15, 0.2) is 0 Å². The van der Waals surface area contributed by atoms with E-state index in [9.17, 15) is 0 Å². The largest absolute Gasteiger partial charge is 0.235 e. The van der Waals surface area contributed by atoms with Crippen molar-refractivity contribution in [3.8, 4) is 0 Å². The SMILES string of the molecule is CC.CC.CCCC1CCC2C3CCC(CCCCNOS)C3(C)CCC2[C@@]1(C)CC. The third-order valence-corrected chi connectivity index (χ3v) is 9.94. The minimum atomic E-state index is 0.608. The summed E-state index contributed by atoms with van der Waals surface area (Å²) in [5, 5.41) is 0. The number of unbranched alkanes of at least 4 members (excludes halogenated alkanes) is 1. The maximum absolute atomic E-state index is 4.68. The Morgan fingerprint density at radius 3 is 2.13 bits per heavy atom. The molecule has 0 saturated heterocycles. The summed E-state index contributed by atoms with van der Waals surface area (Å²) < 4.78 is 4.68. The topological polar surface area (TPSA) is 21.3 Å². The van der Waals surface area contributed by atoms with E-state index < -0.39 is 0 Å². The molecular formula is C28H57NOS. The van der Waals surface area contributed by atoms with Crippen LogP contribution in [0.1, 0.15) is 132 Å².